The second-order valence-corrected chi connectivity index (χ2v) is 5.33. The van der Waals surface area contributed by atoms with Crippen LogP contribution >= 0.6 is 22.9 Å². The van der Waals surface area contributed by atoms with Crippen LogP contribution in [0.5, 0.6) is 0 Å². The van der Waals surface area contributed by atoms with Gasteiger partial charge in [0, 0.05) is 24.1 Å². The number of rotatable bonds is 4. The molecule has 0 bridgehead atoms. The van der Waals surface area contributed by atoms with E-state index in [1.165, 1.54) is 23.3 Å². The number of carboxylic acids is 1. The fourth-order valence-corrected chi connectivity index (χ4v) is 2.27. The summed E-state index contributed by atoms with van der Waals surface area (Å²) < 4.78 is 0.615. The first-order valence-electron chi connectivity index (χ1n) is 5.10. The van der Waals surface area contributed by atoms with Gasteiger partial charge in [-0.25, -0.2) is 9.59 Å². The minimum atomic E-state index is -1.26. The van der Waals surface area contributed by atoms with Crippen LogP contribution in [0.3, 0.4) is 0 Å². The van der Waals surface area contributed by atoms with Crippen molar-refractivity contribution in [3.63, 3.8) is 0 Å². The molecule has 0 saturated heterocycles. The minimum absolute atomic E-state index is 0.305. The molecular weight excluding hydrogens is 292 g/mol. The summed E-state index contributed by atoms with van der Waals surface area (Å²) >= 11 is 7.09. The number of hydrogen-bond donors (Lipinski definition) is 2. The summed E-state index contributed by atoms with van der Waals surface area (Å²) in [6.45, 7) is 0.305. The summed E-state index contributed by atoms with van der Waals surface area (Å²) in [5, 5.41) is 10.4. The Bertz CT molecular complexity index is 527. The third-order valence-corrected chi connectivity index (χ3v) is 3.19. The van der Waals surface area contributed by atoms with Crippen LogP contribution in [-0.4, -0.2) is 35.0 Å². The van der Waals surface area contributed by atoms with E-state index in [2.05, 4.69) is 0 Å². The van der Waals surface area contributed by atoms with E-state index in [0.29, 0.717) is 17.0 Å². The molecule has 0 aliphatic carbocycles. The van der Waals surface area contributed by atoms with Gasteiger partial charge in [0.25, 0.3) is 5.91 Å². The molecule has 0 aromatic carbocycles. The molecule has 3 amide bonds. The molecule has 0 atom stereocenters. The molecule has 0 spiro atoms. The number of nitrogens with zero attached hydrogens (tertiary/aromatic N) is 1. The maximum absolute atomic E-state index is 11.6. The van der Waals surface area contributed by atoms with Crippen molar-refractivity contribution in [2.24, 2.45) is 0 Å². The van der Waals surface area contributed by atoms with E-state index in [4.69, 9.17) is 16.7 Å². The zero-order valence-electron chi connectivity index (χ0n) is 9.92. The summed E-state index contributed by atoms with van der Waals surface area (Å²) in [6.07, 6.45) is 1.43. The number of aliphatic carboxylic acids is 1. The predicted octanol–water partition coefficient (Wildman–Crippen LogP) is 1.71. The lowest BCUT2D eigenvalue weighted by molar-refractivity contribution is -0.131. The van der Waals surface area contributed by atoms with E-state index in [1.54, 1.807) is 12.1 Å². The SMILES string of the molecule is CN(Cc1ccc(Cl)s1)C(=O)NC(=O)C=CC(=O)O. The van der Waals surface area contributed by atoms with Crippen molar-refractivity contribution in [2.45, 2.75) is 6.54 Å². The van der Waals surface area contributed by atoms with Gasteiger partial charge in [-0.05, 0) is 12.1 Å². The number of carbonyl (C=O) groups is 3. The van der Waals surface area contributed by atoms with Crippen LogP contribution in [0.15, 0.2) is 24.3 Å². The van der Waals surface area contributed by atoms with Gasteiger partial charge < -0.3 is 10.0 Å². The van der Waals surface area contributed by atoms with Gasteiger partial charge in [-0.3, -0.25) is 10.1 Å². The van der Waals surface area contributed by atoms with Crippen molar-refractivity contribution in [3.05, 3.63) is 33.5 Å². The number of carbonyl (C=O) groups excluding carboxylic acids is 2. The molecule has 19 heavy (non-hydrogen) atoms. The number of hydrogen-bond acceptors (Lipinski definition) is 4. The summed E-state index contributed by atoms with van der Waals surface area (Å²) in [7, 11) is 1.51. The van der Waals surface area contributed by atoms with Crippen molar-refractivity contribution in [3.8, 4) is 0 Å². The molecule has 1 aromatic rings. The molecule has 0 aliphatic heterocycles. The Labute approximate surface area is 118 Å². The van der Waals surface area contributed by atoms with Gasteiger partial charge in [0.05, 0.1) is 10.9 Å². The van der Waals surface area contributed by atoms with Crippen molar-refractivity contribution in [2.75, 3.05) is 7.05 Å². The fraction of sp³-hybridized carbons (Fsp3) is 0.182. The van der Waals surface area contributed by atoms with Crippen molar-refractivity contribution < 1.29 is 19.5 Å². The van der Waals surface area contributed by atoms with Gasteiger partial charge in [-0.2, -0.15) is 0 Å². The molecule has 1 rings (SSSR count). The Balaban J connectivity index is 2.49. The molecule has 0 unspecified atom stereocenters. The average molecular weight is 303 g/mol. The standard InChI is InChI=1S/C11H11ClN2O4S/c1-14(6-7-2-3-8(12)19-7)11(18)13-9(15)4-5-10(16)17/h2-5H,6H2,1H3,(H,16,17)(H,13,15,18). The Kier molecular flexibility index (Phi) is 5.53. The normalized spacial score (nSPS) is 10.4. The molecule has 6 nitrogen and oxygen atoms in total. The van der Waals surface area contributed by atoms with Gasteiger partial charge >= 0.3 is 12.0 Å². The van der Waals surface area contributed by atoms with Gasteiger partial charge in [-0.15, -0.1) is 11.3 Å². The first-order valence-corrected chi connectivity index (χ1v) is 6.29. The van der Waals surface area contributed by atoms with Crippen LogP contribution in [0.25, 0.3) is 0 Å². The Morgan fingerprint density at radius 1 is 1.42 bits per heavy atom. The van der Waals surface area contributed by atoms with E-state index < -0.39 is 17.9 Å². The largest absolute Gasteiger partial charge is 0.478 e. The number of thiophene rings is 1. The lowest BCUT2D eigenvalue weighted by atomic mass is 10.4. The van der Waals surface area contributed by atoms with Crippen molar-refractivity contribution >= 4 is 40.8 Å². The highest BCUT2D eigenvalue weighted by Crippen LogP contribution is 2.22. The zero-order chi connectivity index (χ0) is 14.4. The number of halogens is 1. The molecule has 0 saturated carbocycles. The molecule has 8 heteroatoms. The number of urea groups is 1. The van der Waals surface area contributed by atoms with E-state index in [1.807, 2.05) is 5.32 Å². The summed E-state index contributed by atoms with van der Waals surface area (Å²) in [5.74, 6) is -2.05. The van der Waals surface area contributed by atoms with Crippen LogP contribution in [0.1, 0.15) is 4.88 Å². The van der Waals surface area contributed by atoms with Crippen LogP contribution in [0, 0.1) is 0 Å². The van der Waals surface area contributed by atoms with Gasteiger partial charge in [-0.1, -0.05) is 11.6 Å². The van der Waals surface area contributed by atoms with Gasteiger partial charge in [0.15, 0.2) is 0 Å². The summed E-state index contributed by atoms with van der Waals surface area (Å²) in [5.41, 5.74) is 0. The Morgan fingerprint density at radius 2 is 2.11 bits per heavy atom. The second-order valence-electron chi connectivity index (χ2n) is 3.53. The van der Waals surface area contributed by atoms with Crippen LogP contribution < -0.4 is 5.32 Å². The van der Waals surface area contributed by atoms with E-state index in [9.17, 15) is 14.4 Å². The van der Waals surface area contributed by atoms with Crippen LogP contribution in [0.2, 0.25) is 4.34 Å². The molecule has 2 N–H and O–H groups in total. The quantitative estimate of drug-likeness (QED) is 0.829. The Hall–Kier alpha value is -1.86. The molecular formula is C11H11ClN2O4S. The molecule has 102 valence electrons. The molecule has 1 heterocycles. The first-order chi connectivity index (χ1) is 8.88. The highest BCUT2D eigenvalue weighted by Gasteiger charge is 2.12. The summed E-state index contributed by atoms with van der Waals surface area (Å²) in [4.78, 5) is 35.1. The van der Waals surface area contributed by atoms with Crippen molar-refractivity contribution in [1.82, 2.24) is 10.2 Å². The monoisotopic (exact) mass is 302 g/mol. The van der Waals surface area contributed by atoms with Crippen LogP contribution in [-0.2, 0) is 16.1 Å². The molecule has 0 fully saturated rings. The highest BCUT2D eigenvalue weighted by molar-refractivity contribution is 7.16. The third kappa shape index (κ3) is 5.54. The predicted molar refractivity (Wildman–Crippen MR) is 71.1 cm³/mol. The van der Waals surface area contributed by atoms with Crippen LogP contribution in [0.4, 0.5) is 4.79 Å². The number of carboxylic acid groups (broad SMARTS) is 1. The first kappa shape index (κ1) is 15.2. The lowest BCUT2D eigenvalue weighted by Crippen LogP contribution is -2.39. The van der Waals surface area contributed by atoms with Gasteiger partial charge in [0.2, 0.25) is 0 Å². The lowest BCUT2D eigenvalue weighted by Gasteiger charge is -2.15. The maximum Gasteiger partial charge on any atom is 0.328 e. The Morgan fingerprint density at radius 3 is 2.63 bits per heavy atom. The topological polar surface area (TPSA) is 86.7 Å². The van der Waals surface area contributed by atoms with E-state index in [-0.39, 0.29) is 0 Å². The smallest absolute Gasteiger partial charge is 0.328 e. The zero-order valence-corrected chi connectivity index (χ0v) is 11.5. The number of imide groups is 1. The second kappa shape index (κ2) is 6.91. The van der Waals surface area contributed by atoms with E-state index in [0.717, 1.165) is 11.0 Å². The highest BCUT2D eigenvalue weighted by atomic mass is 35.5. The third-order valence-electron chi connectivity index (χ3n) is 1.98. The maximum atomic E-state index is 11.6. The van der Waals surface area contributed by atoms with Crippen molar-refractivity contribution in [1.29, 1.82) is 0 Å². The van der Waals surface area contributed by atoms with E-state index >= 15 is 0 Å². The van der Waals surface area contributed by atoms with Gasteiger partial charge in [0.1, 0.15) is 0 Å². The fourth-order valence-electron chi connectivity index (χ4n) is 1.13. The molecule has 1 aromatic heterocycles. The summed E-state index contributed by atoms with van der Waals surface area (Å²) in [6, 6.07) is 2.88. The average Bonchev–Trinajstić information content (AvgIpc) is 2.72. The molecule has 0 aliphatic rings. The molecule has 0 radical (unpaired) electrons. The number of amides is 3. The minimum Gasteiger partial charge on any atom is -0.478 e. The number of nitrogens with one attached hydrogen (secondary N) is 1.